The van der Waals surface area contributed by atoms with Crippen molar-refractivity contribution in [2.75, 3.05) is 0 Å². The third kappa shape index (κ3) is 2.17. The second-order valence-corrected chi connectivity index (χ2v) is 7.57. The van der Waals surface area contributed by atoms with Gasteiger partial charge in [-0.05, 0) is 64.1 Å². The summed E-state index contributed by atoms with van der Waals surface area (Å²) in [6, 6.07) is 13.0. The average molecular weight is 414 g/mol. The van der Waals surface area contributed by atoms with E-state index >= 15 is 0 Å². The number of rotatable bonds is 2. The van der Waals surface area contributed by atoms with E-state index in [2.05, 4.69) is 87.0 Å². The number of allylic oxidation sites excluding steroid dienone is 4. The predicted octanol–water partition coefficient (Wildman–Crippen LogP) is 6.82. The van der Waals surface area contributed by atoms with Crippen LogP contribution >= 0.6 is 31.9 Å². The Morgan fingerprint density at radius 2 is 1.68 bits per heavy atom. The highest BCUT2D eigenvalue weighted by Gasteiger charge is 2.34. The summed E-state index contributed by atoms with van der Waals surface area (Å²) in [5.41, 5.74) is 8.20. The Kier molecular flexibility index (Phi) is 3.47. The van der Waals surface area contributed by atoms with Gasteiger partial charge in [0.15, 0.2) is 0 Å². The number of halogens is 2. The maximum Gasteiger partial charge on any atom is 0.0181 e. The van der Waals surface area contributed by atoms with Gasteiger partial charge in [0.05, 0.1) is 0 Å². The first-order chi connectivity index (χ1) is 10.7. The largest absolute Gasteiger partial charge is 0.0984 e. The molecule has 0 bridgehead atoms. The van der Waals surface area contributed by atoms with Gasteiger partial charge < -0.3 is 0 Å². The summed E-state index contributed by atoms with van der Waals surface area (Å²) in [4.78, 5) is 0. The zero-order valence-electron chi connectivity index (χ0n) is 11.9. The summed E-state index contributed by atoms with van der Waals surface area (Å²) in [6.45, 7) is 3.95. The van der Waals surface area contributed by atoms with E-state index in [1.54, 1.807) is 0 Å². The highest BCUT2D eigenvalue weighted by molar-refractivity contribution is 9.10. The third-order valence-electron chi connectivity index (χ3n) is 4.55. The molecular weight excluding hydrogens is 400 g/mol. The molecule has 1 atom stereocenters. The maximum absolute atomic E-state index is 3.95. The van der Waals surface area contributed by atoms with Crippen molar-refractivity contribution in [2.45, 2.75) is 12.3 Å². The minimum absolute atomic E-state index is 0.541. The van der Waals surface area contributed by atoms with Gasteiger partial charge in [0.25, 0.3) is 0 Å². The zero-order valence-corrected chi connectivity index (χ0v) is 15.1. The normalized spacial score (nSPS) is 18.5. The van der Waals surface area contributed by atoms with Gasteiger partial charge >= 0.3 is 0 Å². The van der Waals surface area contributed by atoms with Crippen LogP contribution in [0.25, 0.3) is 17.2 Å². The van der Waals surface area contributed by atoms with Crippen LogP contribution in [0.5, 0.6) is 0 Å². The second-order valence-electron chi connectivity index (χ2n) is 5.74. The zero-order chi connectivity index (χ0) is 15.3. The fraction of sp³-hybridized carbons (Fsp3) is 0.100. The molecule has 0 N–H and O–H groups in total. The monoisotopic (exact) mass is 412 g/mol. The van der Waals surface area contributed by atoms with Crippen molar-refractivity contribution in [2.24, 2.45) is 0 Å². The van der Waals surface area contributed by atoms with E-state index < -0.39 is 0 Å². The topological polar surface area (TPSA) is 0 Å². The van der Waals surface area contributed by atoms with Crippen molar-refractivity contribution in [3.8, 4) is 0 Å². The van der Waals surface area contributed by atoms with Crippen LogP contribution in [0, 0.1) is 0 Å². The second kappa shape index (κ2) is 5.36. The molecule has 0 radical (unpaired) electrons. The van der Waals surface area contributed by atoms with E-state index in [0.29, 0.717) is 5.92 Å². The number of hydrogen-bond donors (Lipinski definition) is 0. The summed E-state index contributed by atoms with van der Waals surface area (Å²) in [5.74, 6) is 0.541. The van der Waals surface area contributed by atoms with Crippen molar-refractivity contribution in [3.05, 3.63) is 86.3 Å². The molecular formula is C20H14Br2. The number of benzene rings is 2. The molecule has 2 aliphatic rings. The van der Waals surface area contributed by atoms with Crippen LogP contribution in [0.2, 0.25) is 0 Å². The van der Waals surface area contributed by atoms with E-state index in [9.17, 15) is 0 Å². The van der Waals surface area contributed by atoms with Gasteiger partial charge in [-0.15, -0.1) is 0 Å². The summed E-state index contributed by atoms with van der Waals surface area (Å²) in [5, 5.41) is 0. The van der Waals surface area contributed by atoms with Gasteiger partial charge in [0.1, 0.15) is 0 Å². The molecule has 2 aromatic rings. The molecule has 0 saturated carbocycles. The SMILES string of the molecule is C=Cc1ccc(Br)cc1C1=CC=C2c3cc(Br)ccc3C2C1. The van der Waals surface area contributed by atoms with Gasteiger partial charge in [-0.2, -0.15) is 0 Å². The molecule has 4 rings (SSSR count). The maximum atomic E-state index is 3.95. The summed E-state index contributed by atoms with van der Waals surface area (Å²) in [7, 11) is 0. The van der Waals surface area contributed by atoms with Gasteiger partial charge in [-0.3, -0.25) is 0 Å². The van der Waals surface area contributed by atoms with Crippen LogP contribution in [-0.2, 0) is 0 Å². The summed E-state index contributed by atoms with van der Waals surface area (Å²) in [6.07, 6.45) is 7.56. The predicted molar refractivity (Wildman–Crippen MR) is 102 cm³/mol. The molecule has 0 saturated heterocycles. The van der Waals surface area contributed by atoms with Gasteiger partial charge in [0, 0.05) is 14.9 Å². The number of fused-ring (bicyclic) bond motifs is 4. The fourth-order valence-electron chi connectivity index (χ4n) is 3.45. The molecule has 108 valence electrons. The molecule has 0 aromatic heterocycles. The smallest absolute Gasteiger partial charge is 0.0181 e. The van der Waals surface area contributed by atoms with Crippen LogP contribution in [0.1, 0.15) is 34.6 Å². The molecule has 22 heavy (non-hydrogen) atoms. The molecule has 0 heterocycles. The minimum atomic E-state index is 0.541. The van der Waals surface area contributed by atoms with Crippen molar-refractivity contribution >= 4 is 49.1 Å². The standard InChI is InChI=1S/C20H14Br2/c1-2-12-3-5-14(21)10-18(12)13-4-7-16-19(9-13)17-8-6-15(22)11-20(16)17/h2-8,10-11,19H,1,9H2. The Balaban J connectivity index is 1.77. The van der Waals surface area contributed by atoms with E-state index in [1.807, 2.05) is 6.08 Å². The van der Waals surface area contributed by atoms with Crippen molar-refractivity contribution in [3.63, 3.8) is 0 Å². The molecule has 2 heteroatoms. The molecule has 2 aliphatic carbocycles. The van der Waals surface area contributed by atoms with E-state index in [1.165, 1.54) is 33.4 Å². The Morgan fingerprint density at radius 3 is 2.45 bits per heavy atom. The van der Waals surface area contributed by atoms with Crippen LogP contribution < -0.4 is 0 Å². The van der Waals surface area contributed by atoms with Crippen molar-refractivity contribution in [1.82, 2.24) is 0 Å². The van der Waals surface area contributed by atoms with Crippen molar-refractivity contribution in [1.29, 1.82) is 0 Å². The minimum Gasteiger partial charge on any atom is -0.0984 e. The van der Waals surface area contributed by atoms with Gasteiger partial charge in [-0.1, -0.05) is 68.8 Å². The molecule has 1 unspecified atom stereocenters. The molecule has 0 amide bonds. The van der Waals surface area contributed by atoms with E-state index in [0.717, 1.165) is 15.4 Å². The Bertz CT molecular complexity index is 856. The lowest BCUT2D eigenvalue weighted by Crippen LogP contribution is -2.18. The van der Waals surface area contributed by atoms with Gasteiger partial charge in [-0.25, -0.2) is 0 Å². The Hall–Kier alpha value is -1.38. The van der Waals surface area contributed by atoms with Crippen LogP contribution in [0.3, 0.4) is 0 Å². The third-order valence-corrected chi connectivity index (χ3v) is 5.53. The van der Waals surface area contributed by atoms with Crippen molar-refractivity contribution < 1.29 is 0 Å². The molecule has 0 aliphatic heterocycles. The Morgan fingerprint density at radius 1 is 0.955 bits per heavy atom. The average Bonchev–Trinajstić information content (AvgIpc) is 2.52. The van der Waals surface area contributed by atoms with Crippen LogP contribution in [0.4, 0.5) is 0 Å². The first kappa shape index (κ1) is 14.2. The first-order valence-electron chi connectivity index (χ1n) is 7.30. The number of hydrogen-bond acceptors (Lipinski definition) is 0. The van der Waals surface area contributed by atoms with E-state index in [-0.39, 0.29) is 0 Å². The lowest BCUT2D eigenvalue weighted by Gasteiger charge is -2.37. The molecule has 2 aromatic carbocycles. The lowest BCUT2D eigenvalue weighted by atomic mass is 9.67. The quantitative estimate of drug-likeness (QED) is 0.506. The summed E-state index contributed by atoms with van der Waals surface area (Å²) >= 11 is 7.15. The molecule has 0 fully saturated rings. The first-order valence-corrected chi connectivity index (χ1v) is 8.89. The van der Waals surface area contributed by atoms with E-state index in [4.69, 9.17) is 0 Å². The molecule has 0 nitrogen and oxygen atoms in total. The fourth-order valence-corrected chi connectivity index (χ4v) is 4.17. The Labute approximate surface area is 147 Å². The van der Waals surface area contributed by atoms with Crippen LogP contribution in [0.15, 0.2) is 64.1 Å². The molecule has 0 spiro atoms. The highest BCUT2D eigenvalue weighted by atomic mass is 79.9. The van der Waals surface area contributed by atoms with Gasteiger partial charge in [0.2, 0.25) is 0 Å². The lowest BCUT2D eigenvalue weighted by molar-refractivity contribution is 0.831. The highest BCUT2D eigenvalue weighted by Crippen LogP contribution is 2.53. The van der Waals surface area contributed by atoms with Crippen LogP contribution in [-0.4, -0.2) is 0 Å². The summed E-state index contributed by atoms with van der Waals surface area (Å²) < 4.78 is 2.27.